The number of aromatic nitrogens is 1. The van der Waals surface area contributed by atoms with Gasteiger partial charge in [-0.25, -0.2) is 22.7 Å². The minimum absolute atomic E-state index is 0.110. The minimum Gasteiger partial charge on any atom is -0.351 e. The van der Waals surface area contributed by atoms with Crippen LogP contribution >= 0.6 is 0 Å². The molecule has 2 heterocycles. The Hall–Kier alpha value is -3.77. The third kappa shape index (κ3) is 7.89. The zero-order valence-corrected chi connectivity index (χ0v) is 23.4. The third-order valence-corrected chi connectivity index (χ3v) is 7.93. The molecule has 4 rings (SSSR count). The number of ether oxygens (including phenoxy) is 1. The molecule has 0 saturated carbocycles. The van der Waals surface area contributed by atoms with Crippen molar-refractivity contribution in [2.45, 2.75) is 30.4 Å². The van der Waals surface area contributed by atoms with Crippen molar-refractivity contribution in [2.75, 3.05) is 33.8 Å². The summed E-state index contributed by atoms with van der Waals surface area (Å²) in [5.41, 5.74) is 4.97. The fraction of sp³-hybridized carbons (Fsp3) is 0.310. The predicted molar refractivity (Wildman–Crippen MR) is 152 cm³/mol. The lowest BCUT2D eigenvalue weighted by atomic mass is 10.0. The van der Waals surface area contributed by atoms with Crippen molar-refractivity contribution in [3.63, 3.8) is 0 Å². The molecule has 1 fully saturated rings. The summed E-state index contributed by atoms with van der Waals surface area (Å²) in [6.45, 7) is 1.88. The van der Waals surface area contributed by atoms with E-state index in [9.17, 15) is 18.0 Å². The molecular weight excluding hydrogens is 532 g/mol. The number of hydrogen-bond donors (Lipinski definition) is 2. The van der Waals surface area contributed by atoms with Crippen LogP contribution in [-0.4, -0.2) is 69.2 Å². The van der Waals surface area contributed by atoms with Crippen LogP contribution in [0.15, 0.2) is 78.0 Å². The summed E-state index contributed by atoms with van der Waals surface area (Å²) in [7, 11) is 0.0328. The van der Waals surface area contributed by atoms with Crippen molar-refractivity contribution in [3.8, 4) is 11.1 Å². The fourth-order valence-corrected chi connectivity index (χ4v) is 5.26. The Labute approximate surface area is 234 Å². The van der Waals surface area contributed by atoms with E-state index in [1.807, 2.05) is 25.1 Å². The number of hydrogen-bond acceptors (Lipinski definition) is 7. The predicted octanol–water partition coefficient (Wildman–Crippen LogP) is 3.27. The maximum atomic E-state index is 13.2. The highest BCUT2D eigenvalue weighted by molar-refractivity contribution is 7.90. The maximum Gasteiger partial charge on any atom is 0.267 e. The van der Waals surface area contributed by atoms with Crippen LogP contribution in [-0.2, 0) is 24.4 Å². The lowest BCUT2D eigenvalue weighted by Gasteiger charge is -2.21. The number of nitrogens with zero attached hydrogens (tertiary/aromatic N) is 2. The number of carbonyl (C=O) groups is 2. The highest BCUT2D eigenvalue weighted by Gasteiger charge is 2.18. The minimum atomic E-state index is -3.85. The molecule has 1 aromatic heterocycles. The summed E-state index contributed by atoms with van der Waals surface area (Å²) in [6.07, 6.45) is 7.83. The van der Waals surface area contributed by atoms with Gasteiger partial charge in [-0.05, 0) is 80.0 Å². The number of nitrogens with one attached hydrogen (secondary N) is 2. The molecule has 2 N–H and O–H groups in total. The molecule has 1 saturated heterocycles. The molecule has 0 radical (unpaired) electrons. The second-order valence-electron chi connectivity index (χ2n) is 9.66. The van der Waals surface area contributed by atoms with E-state index in [0.29, 0.717) is 30.7 Å². The molecule has 0 bridgehead atoms. The average Bonchev–Trinajstić information content (AvgIpc) is 3.46. The highest BCUT2D eigenvalue weighted by atomic mass is 32.2. The topological polar surface area (TPSA) is 119 Å². The van der Waals surface area contributed by atoms with E-state index >= 15 is 0 Å². The largest absolute Gasteiger partial charge is 0.351 e. The number of hydroxylamine groups is 1. The van der Waals surface area contributed by atoms with Crippen LogP contribution in [0.25, 0.3) is 17.2 Å². The van der Waals surface area contributed by atoms with Gasteiger partial charge in [-0.1, -0.05) is 24.3 Å². The molecule has 0 aliphatic carbocycles. The van der Waals surface area contributed by atoms with Crippen molar-refractivity contribution >= 4 is 27.9 Å². The summed E-state index contributed by atoms with van der Waals surface area (Å²) in [5, 5.41) is 2.89. The molecule has 0 spiro atoms. The first-order valence-electron chi connectivity index (χ1n) is 13.0. The Morgan fingerprint density at radius 3 is 2.62 bits per heavy atom. The maximum absolute atomic E-state index is 13.2. The van der Waals surface area contributed by atoms with Gasteiger partial charge in [0.25, 0.3) is 21.8 Å². The first kappa shape index (κ1) is 29.2. The van der Waals surface area contributed by atoms with Gasteiger partial charge in [0, 0.05) is 50.2 Å². The molecule has 10 nitrogen and oxygen atoms in total. The number of amides is 2. The molecule has 40 heavy (non-hydrogen) atoms. The Bertz CT molecular complexity index is 1440. The van der Waals surface area contributed by atoms with Gasteiger partial charge < -0.3 is 15.0 Å². The fourth-order valence-electron chi connectivity index (χ4n) is 4.05. The van der Waals surface area contributed by atoms with E-state index in [-0.39, 0.29) is 10.8 Å². The third-order valence-electron chi connectivity index (χ3n) is 6.28. The highest BCUT2D eigenvalue weighted by Crippen LogP contribution is 2.24. The summed E-state index contributed by atoms with van der Waals surface area (Å²) >= 11 is 0. The zero-order chi connectivity index (χ0) is 28.5. The SMILES string of the molecule is CN(C)CCNC(=O)c1cccc(-c2ccc(S(=O)(=O)n3ccc(/C=C/C(=O)NOC4CCCCO4)c3)cc2)c1. The van der Waals surface area contributed by atoms with Crippen LogP contribution in [0.4, 0.5) is 0 Å². The van der Waals surface area contributed by atoms with E-state index in [1.165, 1.54) is 36.7 Å². The molecule has 2 aromatic carbocycles. The normalized spacial score (nSPS) is 15.8. The first-order chi connectivity index (χ1) is 19.2. The van der Waals surface area contributed by atoms with Gasteiger partial charge in [0.15, 0.2) is 6.29 Å². The summed E-state index contributed by atoms with van der Waals surface area (Å²) in [6, 6.07) is 15.3. The number of rotatable bonds is 11. The molecule has 2 amide bonds. The van der Waals surface area contributed by atoms with E-state index in [0.717, 1.165) is 34.5 Å². The van der Waals surface area contributed by atoms with Crippen molar-refractivity contribution in [2.24, 2.45) is 0 Å². The van der Waals surface area contributed by atoms with Crippen LogP contribution in [0.5, 0.6) is 0 Å². The van der Waals surface area contributed by atoms with E-state index < -0.39 is 22.2 Å². The molecule has 1 atom stereocenters. The van der Waals surface area contributed by atoms with Gasteiger partial charge in [-0.2, -0.15) is 0 Å². The number of likely N-dealkylation sites (N-methyl/N-ethyl adjacent to an activating group) is 1. The van der Waals surface area contributed by atoms with Crippen molar-refractivity contribution in [1.82, 2.24) is 19.7 Å². The Morgan fingerprint density at radius 1 is 1.10 bits per heavy atom. The summed E-state index contributed by atoms with van der Waals surface area (Å²) in [4.78, 5) is 31.9. The lowest BCUT2D eigenvalue weighted by Crippen LogP contribution is -2.32. The first-order valence-corrected chi connectivity index (χ1v) is 14.5. The van der Waals surface area contributed by atoms with Crippen molar-refractivity contribution < 1.29 is 27.6 Å². The Balaban J connectivity index is 1.38. The Kier molecular flexibility index (Phi) is 9.88. The number of benzene rings is 2. The molecule has 1 aliphatic heterocycles. The Morgan fingerprint density at radius 2 is 1.90 bits per heavy atom. The van der Waals surface area contributed by atoms with Gasteiger partial charge in [0.05, 0.1) is 4.90 Å². The molecule has 3 aromatic rings. The van der Waals surface area contributed by atoms with Gasteiger partial charge in [0.2, 0.25) is 0 Å². The van der Waals surface area contributed by atoms with Gasteiger partial charge in [-0.15, -0.1) is 0 Å². The quantitative estimate of drug-likeness (QED) is 0.270. The smallest absolute Gasteiger partial charge is 0.267 e. The van der Waals surface area contributed by atoms with E-state index in [2.05, 4.69) is 10.8 Å². The van der Waals surface area contributed by atoms with Crippen molar-refractivity contribution in [1.29, 1.82) is 0 Å². The standard InChI is InChI=1S/C29H34N4O6S/c1-32(2)18-16-30-29(35)25-7-5-6-24(20-25)23-10-12-26(13-11-23)40(36,37)33-17-15-22(21-33)9-14-27(34)31-39-28-8-3-4-19-38-28/h5-7,9-15,17,20-21,28H,3-4,8,16,18-19H2,1-2H3,(H,30,35)(H,31,34)/b14-9+. The monoisotopic (exact) mass is 566 g/mol. The number of carbonyl (C=O) groups excluding carboxylic acids is 2. The van der Waals surface area contributed by atoms with Crippen LogP contribution in [0.2, 0.25) is 0 Å². The van der Waals surface area contributed by atoms with Gasteiger partial charge in [0.1, 0.15) is 0 Å². The average molecular weight is 567 g/mol. The molecule has 11 heteroatoms. The van der Waals surface area contributed by atoms with Gasteiger partial charge >= 0.3 is 0 Å². The van der Waals surface area contributed by atoms with Crippen LogP contribution in [0.3, 0.4) is 0 Å². The zero-order valence-electron chi connectivity index (χ0n) is 22.6. The summed E-state index contributed by atoms with van der Waals surface area (Å²) < 4.78 is 32.8. The van der Waals surface area contributed by atoms with E-state index in [1.54, 1.807) is 36.4 Å². The van der Waals surface area contributed by atoms with Crippen LogP contribution < -0.4 is 10.8 Å². The van der Waals surface area contributed by atoms with E-state index in [4.69, 9.17) is 9.57 Å². The molecule has 1 unspecified atom stereocenters. The van der Waals surface area contributed by atoms with Crippen LogP contribution in [0, 0.1) is 0 Å². The molecular formula is C29H34N4O6S. The lowest BCUT2D eigenvalue weighted by molar-refractivity contribution is -0.198. The second kappa shape index (κ2) is 13.5. The molecule has 1 aliphatic rings. The van der Waals surface area contributed by atoms with Gasteiger partial charge in [-0.3, -0.25) is 9.59 Å². The second-order valence-corrected chi connectivity index (χ2v) is 11.5. The molecule has 212 valence electrons. The van der Waals surface area contributed by atoms with Crippen LogP contribution in [0.1, 0.15) is 35.2 Å². The summed E-state index contributed by atoms with van der Waals surface area (Å²) in [5.74, 6) is -0.640. The van der Waals surface area contributed by atoms with Crippen molar-refractivity contribution in [3.05, 3.63) is 84.2 Å².